The number of thiazole rings is 1. The van der Waals surface area contributed by atoms with E-state index < -0.39 is 11.9 Å². The van der Waals surface area contributed by atoms with Crippen LogP contribution in [0.3, 0.4) is 0 Å². The molecule has 0 saturated heterocycles. The van der Waals surface area contributed by atoms with Gasteiger partial charge in [-0.15, -0.1) is 11.8 Å². The summed E-state index contributed by atoms with van der Waals surface area (Å²) >= 11 is 6.29. The molecular weight excluding hydrogens is 500 g/mol. The van der Waals surface area contributed by atoms with E-state index in [4.69, 9.17) is 9.47 Å². The largest absolute Gasteiger partial charge is 0.497 e. The maximum Gasteiger partial charge on any atom is 0.316 e. The van der Waals surface area contributed by atoms with Crippen LogP contribution in [0.15, 0.2) is 64.0 Å². The summed E-state index contributed by atoms with van der Waals surface area (Å²) in [6, 6.07) is 17.4. The van der Waals surface area contributed by atoms with Crippen molar-refractivity contribution in [3.05, 3.63) is 59.1 Å². The number of nitrogens with zero attached hydrogens (tertiary/aromatic N) is 1. The van der Waals surface area contributed by atoms with Crippen LogP contribution in [0.2, 0.25) is 0 Å². The lowest BCUT2D eigenvalue weighted by Crippen LogP contribution is -2.21. The normalized spacial score (nSPS) is 10.9. The first-order valence-electron chi connectivity index (χ1n) is 9.23. The Hall–Kier alpha value is -2.62. The second-order valence-corrected chi connectivity index (χ2v) is 9.29. The summed E-state index contributed by atoms with van der Waals surface area (Å²) in [5.41, 5.74) is 0.760. The highest BCUT2D eigenvalue weighted by Gasteiger charge is 2.13. The second-order valence-electron chi connectivity index (χ2n) is 6.45. The van der Waals surface area contributed by atoms with Crippen LogP contribution in [0, 0.1) is 0 Å². The summed E-state index contributed by atoms with van der Waals surface area (Å²) in [5, 5.41) is 5.30. The molecule has 4 aromatic rings. The average molecular weight is 517 g/mol. The first-order chi connectivity index (χ1) is 15.0. The Kier molecular flexibility index (Phi) is 6.74. The number of anilines is 1. The van der Waals surface area contributed by atoms with Crippen molar-refractivity contribution in [3.63, 3.8) is 0 Å². The molecule has 6 nitrogen and oxygen atoms in total. The zero-order chi connectivity index (χ0) is 21.8. The SMILES string of the molecule is COc1ccc2nc(NC(=O)COC(=O)CSc3ccc4ccccc4c3Br)sc2c1. The molecule has 0 aliphatic carbocycles. The number of halogens is 1. The van der Waals surface area contributed by atoms with Gasteiger partial charge in [-0.1, -0.05) is 41.7 Å². The molecule has 4 rings (SSSR count). The number of ether oxygens (including phenoxy) is 2. The molecule has 9 heteroatoms. The first kappa shape index (κ1) is 21.6. The summed E-state index contributed by atoms with van der Waals surface area (Å²) in [5.74, 6) is -0.0745. The Morgan fingerprint density at radius 1 is 1.16 bits per heavy atom. The van der Waals surface area contributed by atoms with E-state index >= 15 is 0 Å². The van der Waals surface area contributed by atoms with Crippen molar-refractivity contribution >= 4 is 77.0 Å². The van der Waals surface area contributed by atoms with E-state index in [9.17, 15) is 9.59 Å². The topological polar surface area (TPSA) is 77.5 Å². The zero-order valence-corrected chi connectivity index (χ0v) is 19.6. The molecule has 0 fully saturated rings. The number of rotatable bonds is 7. The van der Waals surface area contributed by atoms with Crippen molar-refractivity contribution < 1.29 is 19.1 Å². The van der Waals surface area contributed by atoms with E-state index in [1.54, 1.807) is 13.2 Å². The minimum atomic E-state index is -0.464. The van der Waals surface area contributed by atoms with Crippen LogP contribution in [0.1, 0.15) is 0 Å². The van der Waals surface area contributed by atoms with E-state index in [1.165, 1.54) is 23.1 Å². The van der Waals surface area contributed by atoms with Crippen LogP contribution >= 0.6 is 39.0 Å². The van der Waals surface area contributed by atoms with E-state index in [0.29, 0.717) is 5.13 Å². The van der Waals surface area contributed by atoms with E-state index in [2.05, 4.69) is 26.2 Å². The van der Waals surface area contributed by atoms with E-state index in [0.717, 1.165) is 36.1 Å². The Bertz CT molecular complexity index is 1280. The fourth-order valence-electron chi connectivity index (χ4n) is 2.89. The molecule has 0 aliphatic heterocycles. The van der Waals surface area contributed by atoms with Gasteiger partial charge in [0.15, 0.2) is 11.7 Å². The molecule has 1 amide bonds. The van der Waals surface area contributed by atoms with Gasteiger partial charge in [-0.3, -0.25) is 14.9 Å². The first-order valence-corrected chi connectivity index (χ1v) is 11.8. The molecule has 1 heterocycles. The van der Waals surface area contributed by atoms with Crippen molar-refractivity contribution in [1.29, 1.82) is 0 Å². The zero-order valence-electron chi connectivity index (χ0n) is 16.4. The van der Waals surface area contributed by atoms with Crippen molar-refractivity contribution in [3.8, 4) is 5.75 Å². The van der Waals surface area contributed by atoms with Gasteiger partial charge in [0.25, 0.3) is 5.91 Å². The number of carbonyl (C=O) groups is 2. The van der Waals surface area contributed by atoms with Gasteiger partial charge in [-0.05, 0) is 51.0 Å². The van der Waals surface area contributed by atoms with Gasteiger partial charge >= 0.3 is 5.97 Å². The van der Waals surface area contributed by atoms with Gasteiger partial charge in [-0.2, -0.15) is 0 Å². The molecule has 0 spiro atoms. The molecule has 0 unspecified atom stereocenters. The van der Waals surface area contributed by atoms with E-state index in [-0.39, 0.29) is 12.4 Å². The fraction of sp³-hybridized carbons (Fsp3) is 0.136. The molecule has 0 bridgehead atoms. The standard InChI is InChI=1S/C22H17BrN2O4S2/c1-28-14-7-8-16-18(10-14)31-22(24-16)25-19(26)11-29-20(27)12-30-17-9-6-13-4-2-3-5-15(13)21(17)23/h2-10H,11-12H2,1H3,(H,24,25,26). The molecule has 31 heavy (non-hydrogen) atoms. The van der Waals surface area contributed by atoms with Crippen molar-refractivity contribution in [1.82, 2.24) is 4.98 Å². The predicted octanol–water partition coefficient (Wildman–Crippen LogP) is 5.49. The highest BCUT2D eigenvalue weighted by atomic mass is 79.9. The van der Waals surface area contributed by atoms with Gasteiger partial charge in [0.05, 0.1) is 23.1 Å². The molecule has 0 saturated carbocycles. The minimum absolute atomic E-state index is 0.102. The minimum Gasteiger partial charge on any atom is -0.497 e. The maximum absolute atomic E-state index is 12.1. The van der Waals surface area contributed by atoms with Gasteiger partial charge < -0.3 is 9.47 Å². The average Bonchev–Trinajstić information content (AvgIpc) is 3.18. The molecule has 0 atom stereocenters. The molecule has 1 aromatic heterocycles. The van der Waals surface area contributed by atoms with Crippen molar-refractivity contribution in [2.75, 3.05) is 24.8 Å². The van der Waals surface area contributed by atoms with Crippen molar-refractivity contribution in [2.45, 2.75) is 4.90 Å². The van der Waals surface area contributed by atoms with Crippen LogP contribution in [-0.2, 0) is 14.3 Å². The van der Waals surface area contributed by atoms with Gasteiger partial charge in [0.2, 0.25) is 0 Å². The third-order valence-electron chi connectivity index (χ3n) is 4.38. The molecular formula is C22H17BrN2O4S2. The summed E-state index contributed by atoms with van der Waals surface area (Å²) in [4.78, 5) is 29.5. The quantitative estimate of drug-likeness (QED) is 0.258. The molecule has 3 aromatic carbocycles. The predicted molar refractivity (Wildman–Crippen MR) is 128 cm³/mol. The number of methoxy groups -OCH3 is 1. The fourth-order valence-corrected chi connectivity index (χ4v) is 5.39. The lowest BCUT2D eigenvalue weighted by molar-refractivity contribution is -0.144. The number of aromatic nitrogens is 1. The Morgan fingerprint density at radius 2 is 2.00 bits per heavy atom. The van der Waals surface area contributed by atoms with Gasteiger partial charge in [0, 0.05) is 9.37 Å². The smallest absolute Gasteiger partial charge is 0.316 e. The Balaban J connectivity index is 1.29. The number of thioether (sulfide) groups is 1. The lowest BCUT2D eigenvalue weighted by atomic mass is 10.1. The Labute approximate surface area is 195 Å². The summed E-state index contributed by atoms with van der Waals surface area (Å²) in [6.45, 7) is -0.364. The summed E-state index contributed by atoms with van der Waals surface area (Å²) < 4.78 is 12.1. The summed E-state index contributed by atoms with van der Waals surface area (Å²) in [7, 11) is 1.59. The number of amides is 1. The number of benzene rings is 3. The van der Waals surface area contributed by atoms with Crippen molar-refractivity contribution in [2.24, 2.45) is 0 Å². The van der Waals surface area contributed by atoms with Gasteiger partial charge in [-0.25, -0.2) is 4.98 Å². The number of hydrogen-bond acceptors (Lipinski definition) is 7. The van der Waals surface area contributed by atoms with E-state index in [1.807, 2.05) is 48.5 Å². The maximum atomic E-state index is 12.1. The molecule has 1 N–H and O–H groups in total. The number of carbonyl (C=O) groups excluding carboxylic acids is 2. The highest BCUT2D eigenvalue weighted by Crippen LogP contribution is 2.34. The third kappa shape index (κ3) is 5.17. The number of hydrogen-bond donors (Lipinski definition) is 1. The highest BCUT2D eigenvalue weighted by molar-refractivity contribution is 9.10. The Morgan fingerprint density at radius 3 is 2.84 bits per heavy atom. The third-order valence-corrected chi connectivity index (χ3v) is 7.46. The van der Waals surface area contributed by atoms with Crippen LogP contribution in [-0.4, -0.2) is 36.3 Å². The van der Waals surface area contributed by atoms with Crippen LogP contribution in [0.25, 0.3) is 21.0 Å². The number of fused-ring (bicyclic) bond motifs is 2. The monoisotopic (exact) mass is 516 g/mol. The molecule has 0 aliphatic rings. The second kappa shape index (κ2) is 9.67. The summed E-state index contributed by atoms with van der Waals surface area (Å²) in [6.07, 6.45) is 0. The molecule has 158 valence electrons. The van der Waals surface area contributed by atoms with Crippen LogP contribution in [0.5, 0.6) is 5.75 Å². The molecule has 0 radical (unpaired) electrons. The van der Waals surface area contributed by atoms with Gasteiger partial charge in [0.1, 0.15) is 5.75 Å². The number of nitrogens with one attached hydrogen (secondary N) is 1. The van der Waals surface area contributed by atoms with Crippen LogP contribution < -0.4 is 10.1 Å². The van der Waals surface area contributed by atoms with Crippen LogP contribution in [0.4, 0.5) is 5.13 Å². The number of esters is 1. The lowest BCUT2D eigenvalue weighted by Gasteiger charge is -2.08.